The third-order valence-corrected chi connectivity index (χ3v) is 3.74. The molecule has 1 heterocycles. The van der Waals surface area contributed by atoms with Gasteiger partial charge in [-0.1, -0.05) is 0 Å². The highest BCUT2D eigenvalue weighted by molar-refractivity contribution is 9.10. The van der Waals surface area contributed by atoms with Crippen LogP contribution in [-0.2, 0) is 0 Å². The van der Waals surface area contributed by atoms with E-state index in [-0.39, 0.29) is 15.0 Å². The number of benzene rings is 1. The zero-order valence-corrected chi connectivity index (χ0v) is 12.2. The first-order valence-electron chi connectivity index (χ1n) is 5.31. The number of carbonyl (C=O) groups is 2. The minimum Gasteiger partial charge on any atom is -0.478 e. The fourth-order valence-electron chi connectivity index (χ4n) is 1.41. The van der Waals surface area contributed by atoms with E-state index in [1.54, 1.807) is 5.38 Å². The van der Waals surface area contributed by atoms with Gasteiger partial charge >= 0.3 is 12.0 Å². The average molecular weight is 359 g/mol. The van der Waals surface area contributed by atoms with E-state index in [4.69, 9.17) is 5.11 Å². The molecule has 0 atom stereocenters. The monoisotopic (exact) mass is 358 g/mol. The van der Waals surface area contributed by atoms with Gasteiger partial charge in [0.1, 0.15) is 10.8 Å². The van der Waals surface area contributed by atoms with E-state index in [1.165, 1.54) is 24.3 Å². The number of thiophene rings is 1. The summed E-state index contributed by atoms with van der Waals surface area (Å²) in [7, 11) is 0. The Morgan fingerprint density at radius 1 is 1.25 bits per heavy atom. The second kappa shape index (κ2) is 6.02. The minimum atomic E-state index is -1.12. The first kappa shape index (κ1) is 14.5. The highest BCUT2D eigenvalue weighted by Crippen LogP contribution is 2.24. The summed E-state index contributed by atoms with van der Waals surface area (Å²) in [6.45, 7) is 0. The molecule has 5 nitrogen and oxygen atoms in total. The molecule has 0 saturated heterocycles. The lowest BCUT2D eigenvalue weighted by Gasteiger charge is -2.07. The summed E-state index contributed by atoms with van der Waals surface area (Å²) in [5.41, 5.74) is 0.398. The molecule has 0 aliphatic heterocycles. The van der Waals surface area contributed by atoms with Crippen molar-refractivity contribution in [3.8, 4) is 0 Å². The molecule has 2 amide bonds. The van der Waals surface area contributed by atoms with E-state index in [1.807, 2.05) is 0 Å². The normalized spacial score (nSPS) is 10.1. The molecule has 0 saturated carbocycles. The van der Waals surface area contributed by atoms with Gasteiger partial charge in [-0.3, -0.25) is 5.32 Å². The summed E-state index contributed by atoms with van der Waals surface area (Å²) in [5.74, 6) is -1.56. The van der Waals surface area contributed by atoms with Crippen LogP contribution in [0.3, 0.4) is 0 Å². The number of urea groups is 1. The minimum absolute atomic E-state index is 0.0189. The number of nitrogens with one attached hydrogen (secondary N) is 2. The molecule has 1 aromatic carbocycles. The lowest BCUT2D eigenvalue weighted by Crippen LogP contribution is -2.20. The fraction of sp³-hybridized carbons (Fsp3) is 0. The smallest absolute Gasteiger partial charge is 0.338 e. The summed E-state index contributed by atoms with van der Waals surface area (Å²) in [6.07, 6.45) is 0. The highest BCUT2D eigenvalue weighted by Gasteiger charge is 2.14. The third-order valence-electron chi connectivity index (χ3n) is 2.30. The number of carbonyl (C=O) groups excluding carboxylic acids is 1. The summed E-state index contributed by atoms with van der Waals surface area (Å²) in [5, 5.41) is 15.6. The molecular formula is C12H8BrFN2O3S. The third kappa shape index (κ3) is 3.34. The van der Waals surface area contributed by atoms with Gasteiger partial charge in [0.2, 0.25) is 0 Å². The molecule has 2 aromatic rings. The molecule has 20 heavy (non-hydrogen) atoms. The van der Waals surface area contributed by atoms with Gasteiger partial charge in [-0.15, -0.1) is 11.3 Å². The SMILES string of the molecule is O=C(Nc1ccc(F)c(Br)c1)Nc1sccc1C(=O)O. The first-order chi connectivity index (χ1) is 9.47. The number of carboxylic acids is 1. The van der Waals surface area contributed by atoms with Crippen LogP contribution < -0.4 is 10.6 Å². The summed E-state index contributed by atoms with van der Waals surface area (Å²) >= 11 is 4.11. The van der Waals surface area contributed by atoms with Crippen LogP contribution in [0.5, 0.6) is 0 Å². The van der Waals surface area contributed by atoms with Crippen LogP contribution in [0.25, 0.3) is 0 Å². The zero-order chi connectivity index (χ0) is 14.7. The molecule has 2 rings (SSSR count). The largest absolute Gasteiger partial charge is 0.478 e. The molecule has 0 aliphatic rings. The van der Waals surface area contributed by atoms with Crippen LogP contribution in [0.2, 0.25) is 0 Å². The second-order valence-corrected chi connectivity index (χ2v) is 5.45. The van der Waals surface area contributed by atoms with E-state index in [9.17, 15) is 14.0 Å². The summed E-state index contributed by atoms with van der Waals surface area (Å²) in [6, 6.07) is 4.80. The Labute approximate surface area is 125 Å². The maximum Gasteiger partial charge on any atom is 0.338 e. The van der Waals surface area contributed by atoms with E-state index in [0.717, 1.165) is 11.3 Å². The van der Waals surface area contributed by atoms with Gasteiger partial charge in [-0.25, -0.2) is 14.0 Å². The molecule has 1 aromatic heterocycles. The lowest BCUT2D eigenvalue weighted by molar-refractivity contribution is 0.0698. The van der Waals surface area contributed by atoms with Gasteiger partial charge in [-0.05, 0) is 45.6 Å². The molecule has 0 radical (unpaired) electrons. The van der Waals surface area contributed by atoms with E-state index >= 15 is 0 Å². The van der Waals surface area contributed by atoms with Crippen molar-refractivity contribution in [1.82, 2.24) is 0 Å². The van der Waals surface area contributed by atoms with Crippen molar-refractivity contribution < 1.29 is 19.1 Å². The second-order valence-electron chi connectivity index (χ2n) is 3.68. The predicted octanol–water partition coefficient (Wildman–Crippen LogP) is 3.99. The highest BCUT2D eigenvalue weighted by atomic mass is 79.9. The van der Waals surface area contributed by atoms with Crippen molar-refractivity contribution in [1.29, 1.82) is 0 Å². The topological polar surface area (TPSA) is 78.4 Å². The van der Waals surface area contributed by atoms with Gasteiger partial charge < -0.3 is 10.4 Å². The standard InChI is InChI=1S/C12H8BrFN2O3S/c13-8-5-6(1-2-9(8)14)15-12(19)16-10-7(11(17)18)3-4-20-10/h1-5H,(H,17,18)(H2,15,16,19). The molecule has 0 aliphatic carbocycles. The van der Waals surface area contributed by atoms with Gasteiger partial charge in [0, 0.05) is 5.69 Å². The number of amides is 2. The first-order valence-corrected chi connectivity index (χ1v) is 6.98. The van der Waals surface area contributed by atoms with Crippen molar-refractivity contribution in [2.75, 3.05) is 10.6 Å². The molecular weight excluding hydrogens is 351 g/mol. The number of carboxylic acid groups (broad SMARTS) is 1. The number of hydrogen-bond acceptors (Lipinski definition) is 3. The van der Waals surface area contributed by atoms with Crippen LogP contribution in [0.4, 0.5) is 19.9 Å². The Bertz CT molecular complexity index is 674. The Hall–Kier alpha value is -1.93. The Kier molecular flexibility index (Phi) is 4.35. The Morgan fingerprint density at radius 3 is 2.65 bits per heavy atom. The quantitative estimate of drug-likeness (QED) is 0.775. The molecule has 8 heteroatoms. The molecule has 0 unspecified atom stereocenters. The van der Waals surface area contributed by atoms with Crippen molar-refractivity contribution >= 4 is 50.0 Å². The van der Waals surface area contributed by atoms with E-state index in [0.29, 0.717) is 5.69 Å². The van der Waals surface area contributed by atoms with Crippen molar-refractivity contribution in [2.24, 2.45) is 0 Å². The number of anilines is 2. The predicted molar refractivity (Wildman–Crippen MR) is 78.0 cm³/mol. The van der Waals surface area contributed by atoms with E-state index < -0.39 is 17.8 Å². The van der Waals surface area contributed by atoms with Gasteiger partial charge in [-0.2, -0.15) is 0 Å². The number of aromatic carboxylic acids is 1. The molecule has 0 fully saturated rings. The maximum absolute atomic E-state index is 13.0. The van der Waals surface area contributed by atoms with Gasteiger partial charge in [0.25, 0.3) is 0 Å². The van der Waals surface area contributed by atoms with Crippen molar-refractivity contribution in [3.63, 3.8) is 0 Å². The average Bonchev–Trinajstić information content (AvgIpc) is 2.82. The summed E-state index contributed by atoms with van der Waals surface area (Å²) in [4.78, 5) is 22.6. The molecule has 0 bridgehead atoms. The number of halogens is 2. The lowest BCUT2D eigenvalue weighted by atomic mass is 10.3. The van der Waals surface area contributed by atoms with Gasteiger partial charge in [0.05, 0.1) is 10.0 Å². The van der Waals surface area contributed by atoms with Crippen LogP contribution >= 0.6 is 27.3 Å². The van der Waals surface area contributed by atoms with Crippen LogP contribution in [-0.4, -0.2) is 17.1 Å². The van der Waals surface area contributed by atoms with Crippen molar-refractivity contribution in [2.45, 2.75) is 0 Å². The molecule has 0 spiro atoms. The van der Waals surface area contributed by atoms with Crippen molar-refractivity contribution in [3.05, 3.63) is 45.5 Å². The van der Waals surface area contributed by atoms with Crippen LogP contribution in [0.1, 0.15) is 10.4 Å². The number of rotatable bonds is 3. The van der Waals surface area contributed by atoms with Gasteiger partial charge in [0.15, 0.2) is 0 Å². The Morgan fingerprint density at radius 2 is 2.00 bits per heavy atom. The fourth-order valence-corrected chi connectivity index (χ4v) is 2.57. The Balaban J connectivity index is 2.07. The maximum atomic E-state index is 13.0. The molecule has 3 N–H and O–H groups in total. The van der Waals surface area contributed by atoms with Crippen LogP contribution in [0, 0.1) is 5.82 Å². The molecule has 104 valence electrons. The number of hydrogen-bond donors (Lipinski definition) is 3. The zero-order valence-electron chi connectivity index (χ0n) is 9.81. The van der Waals surface area contributed by atoms with E-state index in [2.05, 4.69) is 26.6 Å². The van der Waals surface area contributed by atoms with Crippen LogP contribution in [0.15, 0.2) is 34.1 Å². The summed E-state index contributed by atoms with van der Waals surface area (Å²) < 4.78 is 13.3.